The smallest absolute Gasteiger partial charge is 0.0728 e. The quantitative estimate of drug-likeness (QED) is 0.866. The van der Waals surface area contributed by atoms with Crippen LogP contribution in [0.3, 0.4) is 0 Å². The number of rotatable bonds is 3. The molecule has 0 bridgehead atoms. The molecule has 1 aliphatic heterocycles. The molecule has 88 valence electrons. The van der Waals surface area contributed by atoms with Gasteiger partial charge < -0.3 is 5.32 Å². The molecule has 0 saturated carbocycles. The Hall–Kier alpha value is -0.510. The molecule has 1 aliphatic rings. The first-order chi connectivity index (χ1) is 7.79. The van der Waals surface area contributed by atoms with Crippen molar-refractivity contribution in [3.63, 3.8) is 0 Å². The minimum atomic E-state index is 0.571. The van der Waals surface area contributed by atoms with Crippen LogP contribution in [-0.4, -0.2) is 37.0 Å². The lowest BCUT2D eigenvalue weighted by molar-refractivity contribution is 0.266. The van der Waals surface area contributed by atoms with E-state index in [1.165, 1.54) is 10.5 Å². The van der Waals surface area contributed by atoms with Crippen molar-refractivity contribution in [3.05, 3.63) is 29.8 Å². The van der Waals surface area contributed by atoms with Gasteiger partial charge in [0, 0.05) is 24.5 Å². The maximum absolute atomic E-state index is 3.45. The van der Waals surface area contributed by atoms with Gasteiger partial charge in [0.2, 0.25) is 0 Å². The molecule has 1 saturated heterocycles. The topological polar surface area (TPSA) is 15.3 Å². The van der Waals surface area contributed by atoms with E-state index in [0.29, 0.717) is 5.37 Å². The van der Waals surface area contributed by atoms with Gasteiger partial charge >= 0.3 is 0 Å². The Balaban J connectivity index is 1.96. The van der Waals surface area contributed by atoms with Crippen LogP contribution in [0.25, 0.3) is 0 Å². The number of piperazine rings is 1. The van der Waals surface area contributed by atoms with E-state index in [1.54, 1.807) is 0 Å². The molecule has 1 heterocycles. The number of thioether (sulfide) groups is 1. The summed E-state index contributed by atoms with van der Waals surface area (Å²) in [5.41, 5.74) is 1.42. The Morgan fingerprint density at radius 1 is 1.38 bits per heavy atom. The van der Waals surface area contributed by atoms with Gasteiger partial charge in [-0.15, -0.1) is 11.8 Å². The fourth-order valence-corrected chi connectivity index (χ4v) is 2.97. The van der Waals surface area contributed by atoms with Crippen molar-refractivity contribution in [2.45, 2.75) is 23.6 Å². The molecule has 2 nitrogen and oxygen atoms in total. The molecule has 3 heteroatoms. The predicted molar refractivity (Wildman–Crippen MR) is 71.0 cm³/mol. The zero-order valence-corrected chi connectivity index (χ0v) is 10.9. The highest BCUT2D eigenvalue weighted by molar-refractivity contribution is 7.99. The highest BCUT2D eigenvalue weighted by atomic mass is 32.2. The number of nitrogens with one attached hydrogen (secondary N) is 1. The van der Waals surface area contributed by atoms with Crippen LogP contribution >= 0.6 is 11.8 Å². The Labute approximate surface area is 102 Å². The molecule has 16 heavy (non-hydrogen) atoms. The molecule has 1 atom stereocenters. The molecule has 1 aromatic rings. The van der Waals surface area contributed by atoms with Crippen LogP contribution in [0.5, 0.6) is 0 Å². The SMILES string of the molecule is CCc1ccc(SC2CNCCN2C)cc1. The van der Waals surface area contributed by atoms with E-state index in [9.17, 15) is 0 Å². The van der Waals surface area contributed by atoms with Gasteiger partial charge in [0.15, 0.2) is 0 Å². The van der Waals surface area contributed by atoms with Gasteiger partial charge in [-0.05, 0) is 31.2 Å². The Morgan fingerprint density at radius 3 is 2.75 bits per heavy atom. The zero-order chi connectivity index (χ0) is 11.4. The monoisotopic (exact) mass is 236 g/mol. The van der Waals surface area contributed by atoms with Crippen molar-refractivity contribution in [3.8, 4) is 0 Å². The molecular formula is C13H20N2S. The Bertz CT molecular complexity index is 323. The maximum atomic E-state index is 3.45. The van der Waals surface area contributed by atoms with Gasteiger partial charge in [-0.3, -0.25) is 4.90 Å². The molecule has 2 rings (SSSR count). The van der Waals surface area contributed by atoms with Crippen molar-refractivity contribution in [1.29, 1.82) is 0 Å². The number of nitrogens with zero attached hydrogens (tertiary/aromatic N) is 1. The second-order valence-electron chi connectivity index (χ2n) is 4.25. The second kappa shape index (κ2) is 5.71. The standard InChI is InChI=1S/C13H20N2S/c1-3-11-4-6-12(7-5-11)16-13-10-14-8-9-15(13)2/h4-7,13-14H,3,8-10H2,1-2H3. The van der Waals surface area contributed by atoms with Gasteiger partial charge in [-0.2, -0.15) is 0 Å². The predicted octanol–water partition coefficient (Wildman–Crippen LogP) is 2.20. The fraction of sp³-hybridized carbons (Fsp3) is 0.538. The lowest BCUT2D eigenvalue weighted by Gasteiger charge is -2.32. The molecule has 0 radical (unpaired) electrons. The van der Waals surface area contributed by atoms with Gasteiger partial charge in [-0.1, -0.05) is 19.1 Å². The number of likely N-dealkylation sites (N-methyl/N-ethyl adjacent to an activating group) is 1. The fourth-order valence-electron chi connectivity index (χ4n) is 1.87. The van der Waals surface area contributed by atoms with Crippen LogP contribution < -0.4 is 5.32 Å². The van der Waals surface area contributed by atoms with Crippen molar-refractivity contribution in [2.24, 2.45) is 0 Å². The third-order valence-electron chi connectivity index (χ3n) is 3.06. The van der Waals surface area contributed by atoms with Crippen LogP contribution in [0.1, 0.15) is 12.5 Å². The first-order valence-electron chi connectivity index (χ1n) is 5.96. The zero-order valence-electron chi connectivity index (χ0n) is 10.1. The van der Waals surface area contributed by atoms with Gasteiger partial charge in [-0.25, -0.2) is 0 Å². The van der Waals surface area contributed by atoms with E-state index < -0.39 is 0 Å². The summed E-state index contributed by atoms with van der Waals surface area (Å²) in [6, 6.07) is 8.95. The lowest BCUT2D eigenvalue weighted by atomic mass is 10.2. The van der Waals surface area contributed by atoms with Crippen molar-refractivity contribution in [1.82, 2.24) is 10.2 Å². The first kappa shape index (κ1) is 12.0. The summed E-state index contributed by atoms with van der Waals surface area (Å²) >= 11 is 1.96. The number of benzene rings is 1. The number of hydrogen-bond acceptors (Lipinski definition) is 3. The van der Waals surface area contributed by atoms with E-state index >= 15 is 0 Å². The molecule has 1 fully saturated rings. The minimum Gasteiger partial charge on any atom is -0.313 e. The highest BCUT2D eigenvalue weighted by Crippen LogP contribution is 2.26. The van der Waals surface area contributed by atoms with Crippen LogP contribution in [0.4, 0.5) is 0 Å². The number of hydrogen-bond donors (Lipinski definition) is 1. The molecule has 1 unspecified atom stereocenters. The third-order valence-corrected chi connectivity index (χ3v) is 4.40. The van der Waals surface area contributed by atoms with E-state index in [1.807, 2.05) is 11.8 Å². The van der Waals surface area contributed by atoms with Crippen LogP contribution in [0, 0.1) is 0 Å². The van der Waals surface area contributed by atoms with Crippen molar-refractivity contribution in [2.75, 3.05) is 26.7 Å². The molecular weight excluding hydrogens is 216 g/mol. The lowest BCUT2D eigenvalue weighted by Crippen LogP contribution is -2.47. The summed E-state index contributed by atoms with van der Waals surface area (Å²) in [4.78, 5) is 3.80. The molecule has 1 N–H and O–H groups in total. The Kier molecular flexibility index (Phi) is 4.27. The maximum Gasteiger partial charge on any atom is 0.0728 e. The molecule has 0 aromatic heterocycles. The summed E-state index contributed by atoms with van der Waals surface area (Å²) in [5, 5.41) is 4.02. The molecule has 0 aliphatic carbocycles. The number of aryl methyl sites for hydroxylation is 1. The van der Waals surface area contributed by atoms with Crippen molar-refractivity contribution < 1.29 is 0 Å². The average molecular weight is 236 g/mol. The van der Waals surface area contributed by atoms with E-state index in [-0.39, 0.29) is 0 Å². The van der Waals surface area contributed by atoms with Crippen LogP contribution in [0.2, 0.25) is 0 Å². The molecule has 0 spiro atoms. The normalized spacial score (nSPS) is 22.2. The first-order valence-corrected chi connectivity index (χ1v) is 6.84. The molecule has 0 amide bonds. The van der Waals surface area contributed by atoms with Crippen molar-refractivity contribution >= 4 is 11.8 Å². The third kappa shape index (κ3) is 3.00. The second-order valence-corrected chi connectivity index (χ2v) is 5.51. The summed E-state index contributed by atoms with van der Waals surface area (Å²) < 4.78 is 0. The molecule has 1 aromatic carbocycles. The van der Waals surface area contributed by atoms with Gasteiger partial charge in [0.1, 0.15) is 0 Å². The summed E-state index contributed by atoms with van der Waals surface area (Å²) in [7, 11) is 2.21. The van der Waals surface area contributed by atoms with E-state index in [4.69, 9.17) is 0 Å². The highest BCUT2D eigenvalue weighted by Gasteiger charge is 2.19. The van der Waals surface area contributed by atoms with Crippen LogP contribution in [0.15, 0.2) is 29.2 Å². The summed E-state index contributed by atoms with van der Waals surface area (Å²) in [6.07, 6.45) is 1.12. The average Bonchev–Trinajstić information content (AvgIpc) is 2.33. The largest absolute Gasteiger partial charge is 0.313 e. The summed E-state index contributed by atoms with van der Waals surface area (Å²) in [6.45, 7) is 5.53. The summed E-state index contributed by atoms with van der Waals surface area (Å²) in [5.74, 6) is 0. The Morgan fingerprint density at radius 2 is 2.12 bits per heavy atom. The van der Waals surface area contributed by atoms with Crippen LogP contribution in [-0.2, 0) is 6.42 Å². The van der Waals surface area contributed by atoms with E-state index in [0.717, 1.165) is 26.1 Å². The van der Waals surface area contributed by atoms with Gasteiger partial charge in [0.25, 0.3) is 0 Å². The van der Waals surface area contributed by atoms with E-state index in [2.05, 4.69) is 48.5 Å². The minimum absolute atomic E-state index is 0.571. The van der Waals surface area contributed by atoms with Gasteiger partial charge in [0.05, 0.1) is 5.37 Å².